The molecule has 2 atom stereocenters. The van der Waals surface area contributed by atoms with Gasteiger partial charge in [0.1, 0.15) is 5.52 Å². The van der Waals surface area contributed by atoms with Gasteiger partial charge < -0.3 is 15.4 Å². The zero-order valence-electron chi connectivity index (χ0n) is 15.9. The Labute approximate surface area is 168 Å². The van der Waals surface area contributed by atoms with Crippen LogP contribution in [0.25, 0.3) is 5.52 Å². The molecule has 0 radical (unpaired) electrons. The van der Waals surface area contributed by atoms with Crippen LogP contribution >= 0.6 is 11.6 Å². The molecule has 2 aromatic rings. The number of carbonyl (C=O) groups is 2. The van der Waals surface area contributed by atoms with E-state index in [0.29, 0.717) is 35.5 Å². The molecule has 2 aromatic heterocycles. The Morgan fingerprint density at radius 2 is 2.00 bits per heavy atom. The van der Waals surface area contributed by atoms with Gasteiger partial charge in [0.2, 0.25) is 11.2 Å². The number of rotatable bonds is 5. The lowest BCUT2D eigenvalue weighted by atomic mass is 9.61. The van der Waals surface area contributed by atoms with Crippen LogP contribution in [0, 0.1) is 17.8 Å². The van der Waals surface area contributed by atoms with Gasteiger partial charge in [0.25, 0.3) is 0 Å². The Kier molecular flexibility index (Phi) is 5.14. The number of aromatic nitrogens is 3. The highest BCUT2D eigenvalue weighted by atomic mass is 35.5. The Hall–Kier alpha value is -2.35. The molecule has 8 nitrogen and oxygen atoms in total. The number of hydrogen-bond acceptors (Lipinski definition) is 6. The van der Waals surface area contributed by atoms with Crippen LogP contribution in [0.4, 0.5) is 11.5 Å². The van der Waals surface area contributed by atoms with Crippen LogP contribution in [-0.4, -0.2) is 39.1 Å². The molecule has 150 valence electrons. The molecule has 2 heterocycles. The highest BCUT2D eigenvalue weighted by molar-refractivity contribution is 6.28. The number of amides is 1. The van der Waals surface area contributed by atoms with Crippen LogP contribution in [0.1, 0.15) is 39.5 Å². The first-order valence-corrected chi connectivity index (χ1v) is 10.1. The SMILES string of the molecule is CCOC(=O)[C@H]1[C@H]2CC[C@H](CC2)[C@@H]1Nc1nc(Cl)nn2cc(NC(C)=O)cc12. The molecule has 3 fully saturated rings. The van der Waals surface area contributed by atoms with Crippen LogP contribution in [-0.2, 0) is 14.3 Å². The Balaban J connectivity index is 1.68. The van der Waals surface area contributed by atoms with Crippen LogP contribution in [0.3, 0.4) is 0 Å². The number of anilines is 2. The van der Waals surface area contributed by atoms with Crippen molar-refractivity contribution in [2.24, 2.45) is 17.8 Å². The van der Waals surface area contributed by atoms with E-state index in [2.05, 4.69) is 20.7 Å². The normalized spacial score (nSPS) is 26.2. The van der Waals surface area contributed by atoms with Crippen molar-refractivity contribution >= 4 is 40.5 Å². The molecular weight excluding hydrogens is 382 g/mol. The number of esters is 1. The van der Waals surface area contributed by atoms with Gasteiger partial charge in [-0.15, -0.1) is 5.10 Å². The maximum Gasteiger partial charge on any atom is 0.311 e. The largest absolute Gasteiger partial charge is 0.466 e. The Bertz CT molecular complexity index is 906. The summed E-state index contributed by atoms with van der Waals surface area (Å²) in [5.74, 6) is 0.778. The molecular formula is C19H24ClN5O3. The number of halogens is 1. The third-order valence-electron chi connectivity index (χ3n) is 5.84. The lowest BCUT2D eigenvalue weighted by molar-refractivity contribution is -0.154. The summed E-state index contributed by atoms with van der Waals surface area (Å²) in [5, 5.41) is 10.5. The van der Waals surface area contributed by atoms with Gasteiger partial charge >= 0.3 is 5.97 Å². The van der Waals surface area contributed by atoms with Gasteiger partial charge in [-0.1, -0.05) is 0 Å². The fourth-order valence-electron chi connectivity index (χ4n) is 4.74. The lowest BCUT2D eigenvalue weighted by Crippen LogP contribution is -2.52. The first kappa shape index (κ1) is 19.0. The van der Waals surface area contributed by atoms with E-state index in [1.807, 2.05) is 6.92 Å². The average molecular weight is 406 g/mol. The number of hydrogen-bond donors (Lipinski definition) is 2. The maximum atomic E-state index is 12.7. The minimum absolute atomic E-state index is 0.0552. The zero-order valence-corrected chi connectivity index (χ0v) is 16.7. The summed E-state index contributed by atoms with van der Waals surface area (Å²) in [7, 11) is 0. The van der Waals surface area contributed by atoms with Crippen molar-refractivity contribution < 1.29 is 14.3 Å². The predicted molar refractivity (Wildman–Crippen MR) is 105 cm³/mol. The van der Waals surface area contributed by atoms with Crippen molar-refractivity contribution in [1.82, 2.24) is 14.6 Å². The van der Waals surface area contributed by atoms with Crippen LogP contribution < -0.4 is 10.6 Å². The van der Waals surface area contributed by atoms with E-state index in [4.69, 9.17) is 16.3 Å². The van der Waals surface area contributed by atoms with Gasteiger partial charge in [0, 0.05) is 13.0 Å². The van der Waals surface area contributed by atoms with Gasteiger partial charge in [0.05, 0.1) is 24.4 Å². The highest BCUT2D eigenvalue weighted by Crippen LogP contribution is 2.47. The summed E-state index contributed by atoms with van der Waals surface area (Å²) < 4.78 is 6.96. The first-order valence-electron chi connectivity index (χ1n) is 9.73. The number of carbonyl (C=O) groups excluding carboxylic acids is 2. The number of nitrogens with one attached hydrogen (secondary N) is 2. The monoisotopic (exact) mass is 405 g/mol. The van der Waals surface area contributed by atoms with Crippen LogP contribution in [0.2, 0.25) is 5.28 Å². The van der Waals surface area contributed by atoms with Crippen molar-refractivity contribution in [3.05, 3.63) is 17.5 Å². The summed E-state index contributed by atoms with van der Waals surface area (Å²) in [6.07, 6.45) is 5.98. The second-order valence-corrected chi connectivity index (χ2v) is 7.93. The lowest BCUT2D eigenvalue weighted by Gasteiger charge is -2.47. The van der Waals surface area contributed by atoms with E-state index in [0.717, 1.165) is 25.7 Å². The minimum atomic E-state index is -0.189. The fraction of sp³-hybridized carbons (Fsp3) is 0.579. The minimum Gasteiger partial charge on any atom is -0.466 e. The molecule has 28 heavy (non-hydrogen) atoms. The first-order chi connectivity index (χ1) is 13.5. The van der Waals surface area contributed by atoms with Gasteiger partial charge in [-0.3, -0.25) is 9.59 Å². The molecule has 0 unspecified atom stereocenters. The van der Waals surface area contributed by atoms with E-state index in [1.54, 1.807) is 16.8 Å². The molecule has 3 saturated carbocycles. The third kappa shape index (κ3) is 3.53. The van der Waals surface area contributed by atoms with E-state index in [-0.39, 0.29) is 29.1 Å². The average Bonchev–Trinajstić information content (AvgIpc) is 3.04. The smallest absolute Gasteiger partial charge is 0.311 e. The number of nitrogens with zero attached hydrogens (tertiary/aromatic N) is 3. The molecule has 0 aliphatic heterocycles. The molecule has 5 rings (SSSR count). The number of ether oxygens (including phenoxy) is 1. The molecule has 2 N–H and O–H groups in total. The summed E-state index contributed by atoms with van der Waals surface area (Å²) in [4.78, 5) is 28.4. The summed E-state index contributed by atoms with van der Waals surface area (Å²) in [5.41, 5.74) is 1.30. The Morgan fingerprint density at radius 3 is 2.68 bits per heavy atom. The van der Waals surface area contributed by atoms with E-state index in [9.17, 15) is 9.59 Å². The Morgan fingerprint density at radius 1 is 1.29 bits per heavy atom. The van der Waals surface area contributed by atoms with Gasteiger partial charge in [-0.05, 0) is 62.1 Å². The van der Waals surface area contributed by atoms with Crippen LogP contribution in [0.15, 0.2) is 12.3 Å². The van der Waals surface area contributed by atoms with Crippen LogP contribution in [0.5, 0.6) is 0 Å². The fourth-order valence-corrected chi connectivity index (χ4v) is 4.91. The molecule has 3 aliphatic rings. The topological polar surface area (TPSA) is 97.6 Å². The maximum absolute atomic E-state index is 12.7. The van der Waals surface area contributed by atoms with Gasteiger partial charge in [0.15, 0.2) is 5.82 Å². The summed E-state index contributed by atoms with van der Waals surface area (Å²) >= 11 is 6.12. The second-order valence-electron chi connectivity index (χ2n) is 7.59. The summed E-state index contributed by atoms with van der Waals surface area (Å²) in [6, 6.07) is 1.74. The van der Waals surface area contributed by atoms with E-state index in [1.165, 1.54) is 6.92 Å². The van der Waals surface area contributed by atoms with Crippen molar-refractivity contribution in [3.8, 4) is 0 Å². The second kappa shape index (κ2) is 7.58. The predicted octanol–water partition coefficient (Wildman–Crippen LogP) is 3.12. The van der Waals surface area contributed by atoms with Crippen molar-refractivity contribution in [2.45, 2.75) is 45.6 Å². The van der Waals surface area contributed by atoms with E-state index >= 15 is 0 Å². The third-order valence-corrected chi connectivity index (χ3v) is 6.00. The van der Waals surface area contributed by atoms with Crippen molar-refractivity contribution in [1.29, 1.82) is 0 Å². The molecule has 0 spiro atoms. The highest BCUT2D eigenvalue weighted by Gasteiger charge is 2.48. The quantitative estimate of drug-likeness (QED) is 0.741. The summed E-state index contributed by atoms with van der Waals surface area (Å²) in [6.45, 7) is 3.66. The van der Waals surface area contributed by atoms with Gasteiger partial charge in [-0.2, -0.15) is 4.98 Å². The number of fused-ring (bicyclic) bond motifs is 4. The van der Waals surface area contributed by atoms with Crippen molar-refractivity contribution in [2.75, 3.05) is 17.2 Å². The van der Waals surface area contributed by atoms with Crippen molar-refractivity contribution in [3.63, 3.8) is 0 Å². The standard InChI is InChI=1S/C19H24ClN5O3/c1-3-28-18(27)15-11-4-6-12(7-5-11)16(15)22-17-14-8-13(21-10(2)26)9-25(14)24-19(20)23-17/h8-9,11-12,15-16H,3-7H2,1-2H3,(H,21,26)(H,22,23,24)/t11-,12+,15-,16-/m0/s1. The molecule has 3 aliphatic carbocycles. The molecule has 0 aromatic carbocycles. The zero-order chi connectivity index (χ0) is 19.8. The molecule has 9 heteroatoms. The molecule has 0 saturated heterocycles. The molecule has 1 amide bonds. The van der Waals surface area contributed by atoms with Gasteiger partial charge in [-0.25, -0.2) is 4.52 Å². The molecule has 2 bridgehead atoms. The van der Waals surface area contributed by atoms with E-state index < -0.39 is 0 Å².